The minimum absolute atomic E-state index is 0.703. The van der Waals surface area contributed by atoms with E-state index in [4.69, 9.17) is 4.52 Å². The van der Waals surface area contributed by atoms with Gasteiger partial charge in [-0.15, -0.1) is 10.2 Å². The molecule has 4 aromatic rings. The lowest BCUT2D eigenvalue weighted by molar-refractivity contribution is 0.392. The van der Waals surface area contributed by atoms with Crippen molar-refractivity contribution in [3.63, 3.8) is 0 Å². The van der Waals surface area contributed by atoms with Gasteiger partial charge in [-0.2, -0.15) is 0 Å². The van der Waals surface area contributed by atoms with Crippen LogP contribution in [0.15, 0.2) is 68.7 Å². The molecule has 0 fully saturated rings. The quantitative estimate of drug-likeness (QED) is 0.352. The lowest BCUT2D eigenvalue weighted by Gasteiger charge is -2.11. The summed E-state index contributed by atoms with van der Waals surface area (Å²) in [6.45, 7) is 4.61. The van der Waals surface area contributed by atoms with Crippen molar-refractivity contribution in [3.05, 3.63) is 81.7 Å². The second-order valence-corrected chi connectivity index (χ2v) is 8.25. The van der Waals surface area contributed by atoms with Gasteiger partial charge in [0, 0.05) is 21.4 Å². The third-order valence-electron chi connectivity index (χ3n) is 4.54. The number of hydrogen-bond acceptors (Lipinski definition) is 5. The van der Waals surface area contributed by atoms with E-state index < -0.39 is 0 Å². The number of aryl methyl sites for hydroxylation is 2. The van der Waals surface area contributed by atoms with Crippen LogP contribution >= 0.6 is 27.7 Å². The summed E-state index contributed by atoms with van der Waals surface area (Å²) in [6, 6.07) is 18.4. The topological polar surface area (TPSA) is 56.7 Å². The monoisotopic (exact) mass is 454 g/mol. The first-order valence-corrected chi connectivity index (χ1v) is 10.7. The second-order valence-electron chi connectivity index (χ2n) is 6.45. The summed E-state index contributed by atoms with van der Waals surface area (Å²) < 4.78 is 8.45. The van der Waals surface area contributed by atoms with E-state index >= 15 is 0 Å². The van der Waals surface area contributed by atoms with Gasteiger partial charge >= 0.3 is 0 Å². The molecule has 0 bridgehead atoms. The second kappa shape index (κ2) is 8.32. The van der Waals surface area contributed by atoms with Gasteiger partial charge in [0.05, 0.1) is 12.2 Å². The average Bonchev–Trinajstić information content (AvgIpc) is 3.24. The van der Waals surface area contributed by atoms with Gasteiger partial charge in [-0.05, 0) is 25.5 Å². The Hall–Kier alpha value is -2.38. The summed E-state index contributed by atoms with van der Waals surface area (Å²) in [5.41, 5.74) is 4.26. The van der Waals surface area contributed by atoms with Crippen molar-refractivity contribution in [1.29, 1.82) is 0 Å². The van der Waals surface area contributed by atoms with E-state index in [0.29, 0.717) is 6.54 Å². The van der Waals surface area contributed by atoms with Crippen LogP contribution in [-0.4, -0.2) is 19.9 Å². The minimum atomic E-state index is 0.703. The zero-order chi connectivity index (χ0) is 19.5. The first kappa shape index (κ1) is 19.0. The van der Waals surface area contributed by atoms with Crippen LogP contribution in [0, 0.1) is 13.8 Å². The number of hydrogen-bond donors (Lipinski definition) is 0. The zero-order valence-corrected chi connectivity index (χ0v) is 18.0. The summed E-state index contributed by atoms with van der Waals surface area (Å²) in [6.07, 6.45) is 0. The van der Waals surface area contributed by atoms with Crippen molar-refractivity contribution in [2.45, 2.75) is 31.3 Å². The SMILES string of the molecule is Cc1noc(C)c1CSc1nnc(-c2ccccc2Br)n1Cc1ccccc1. The highest BCUT2D eigenvalue weighted by Gasteiger charge is 2.18. The van der Waals surface area contributed by atoms with Gasteiger partial charge < -0.3 is 4.52 Å². The molecule has 0 saturated carbocycles. The van der Waals surface area contributed by atoms with E-state index in [9.17, 15) is 0 Å². The molecule has 0 aliphatic carbocycles. The van der Waals surface area contributed by atoms with Crippen molar-refractivity contribution in [2.75, 3.05) is 0 Å². The summed E-state index contributed by atoms with van der Waals surface area (Å²) in [7, 11) is 0. The van der Waals surface area contributed by atoms with Gasteiger partial charge in [0.15, 0.2) is 11.0 Å². The van der Waals surface area contributed by atoms with Crippen LogP contribution < -0.4 is 0 Å². The van der Waals surface area contributed by atoms with Gasteiger partial charge in [0.1, 0.15) is 5.76 Å². The van der Waals surface area contributed by atoms with Crippen LogP contribution in [0.3, 0.4) is 0 Å². The molecule has 0 aliphatic heterocycles. The van der Waals surface area contributed by atoms with Gasteiger partial charge in [-0.25, -0.2) is 0 Å². The van der Waals surface area contributed by atoms with E-state index in [1.807, 2.05) is 38.1 Å². The number of rotatable bonds is 6. The summed E-state index contributed by atoms with van der Waals surface area (Å²) >= 11 is 5.29. The number of halogens is 1. The molecule has 5 nitrogen and oxygen atoms in total. The van der Waals surface area contributed by atoms with Gasteiger partial charge in [-0.1, -0.05) is 81.4 Å². The highest BCUT2D eigenvalue weighted by Crippen LogP contribution is 2.32. The molecule has 0 N–H and O–H groups in total. The van der Waals surface area contributed by atoms with Gasteiger partial charge in [-0.3, -0.25) is 4.57 Å². The fraction of sp³-hybridized carbons (Fsp3) is 0.190. The fourth-order valence-electron chi connectivity index (χ4n) is 2.99. The number of benzene rings is 2. The molecule has 4 rings (SSSR count). The molecule has 142 valence electrons. The first-order valence-electron chi connectivity index (χ1n) is 8.90. The Kier molecular flexibility index (Phi) is 5.64. The van der Waals surface area contributed by atoms with Gasteiger partial charge in [0.2, 0.25) is 0 Å². The lowest BCUT2D eigenvalue weighted by Crippen LogP contribution is -2.04. The lowest BCUT2D eigenvalue weighted by atomic mass is 10.2. The van der Waals surface area contributed by atoms with Crippen molar-refractivity contribution in [3.8, 4) is 11.4 Å². The maximum absolute atomic E-state index is 5.29. The average molecular weight is 455 g/mol. The summed E-state index contributed by atoms with van der Waals surface area (Å²) in [5, 5.41) is 13.9. The van der Waals surface area contributed by atoms with E-state index in [-0.39, 0.29) is 0 Å². The molecule has 2 heterocycles. The molecule has 28 heavy (non-hydrogen) atoms. The van der Waals surface area contributed by atoms with Crippen LogP contribution in [0.4, 0.5) is 0 Å². The molecule has 0 amide bonds. The van der Waals surface area contributed by atoms with Crippen molar-refractivity contribution >= 4 is 27.7 Å². The third-order valence-corrected chi connectivity index (χ3v) is 6.23. The van der Waals surface area contributed by atoms with Gasteiger partial charge in [0.25, 0.3) is 0 Å². The molecule has 0 saturated heterocycles. The van der Waals surface area contributed by atoms with Crippen molar-refractivity contribution < 1.29 is 4.52 Å². The van der Waals surface area contributed by atoms with Crippen LogP contribution in [0.2, 0.25) is 0 Å². The highest BCUT2D eigenvalue weighted by molar-refractivity contribution is 9.10. The largest absolute Gasteiger partial charge is 0.361 e. The number of nitrogens with zero attached hydrogens (tertiary/aromatic N) is 4. The Morgan fingerprint density at radius 1 is 1.00 bits per heavy atom. The van der Waals surface area contributed by atoms with Crippen LogP contribution in [-0.2, 0) is 12.3 Å². The highest BCUT2D eigenvalue weighted by atomic mass is 79.9. The third kappa shape index (κ3) is 3.91. The molecule has 0 radical (unpaired) electrons. The molecule has 2 aromatic heterocycles. The van der Waals surface area contributed by atoms with E-state index in [1.54, 1.807) is 11.8 Å². The zero-order valence-electron chi connectivity index (χ0n) is 15.6. The first-order chi connectivity index (χ1) is 13.6. The van der Waals surface area contributed by atoms with Crippen LogP contribution in [0.5, 0.6) is 0 Å². The van der Waals surface area contributed by atoms with E-state index in [0.717, 1.165) is 43.8 Å². The van der Waals surface area contributed by atoms with E-state index in [2.05, 4.69) is 66.2 Å². The Labute approximate surface area is 176 Å². The summed E-state index contributed by atoms with van der Waals surface area (Å²) in [5.74, 6) is 2.44. The molecule has 2 aromatic carbocycles. The van der Waals surface area contributed by atoms with E-state index in [1.165, 1.54) is 5.56 Å². The smallest absolute Gasteiger partial charge is 0.192 e. The predicted molar refractivity (Wildman–Crippen MR) is 114 cm³/mol. The Morgan fingerprint density at radius 3 is 2.46 bits per heavy atom. The normalized spacial score (nSPS) is 11.1. The van der Waals surface area contributed by atoms with Crippen molar-refractivity contribution in [1.82, 2.24) is 19.9 Å². The maximum atomic E-state index is 5.29. The summed E-state index contributed by atoms with van der Waals surface area (Å²) in [4.78, 5) is 0. The maximum Gasteiger partial charge on any atom is 0.192 e. The van der Waals surface area contributed by atoms with Crippen LogP contribution in [0.25, 0.3) is 11.4 Å². The molecule has 0 atom stereocenters. The molecular formula is C21H19BrN4OS. The Bertz CT molecular complexity index is 1070. The number of aromatic nitrogens is 4. The number of thioether (sulfide) groups is 1. The molecule has 7 heteroatoms. The molecule has 0 unspecified atom stereocenters. The van der Waals surface area contributed by atoms with Crippen LogP contribution in [0.1, 0.15) is 22.6 Å². The predicted octanol–water partition coefficient (Wildman–Crippen LogP) is 5.65. The molecule has 0 aliphatic rings. The Morgan fingerprint density at radius 2 is 1.75 bits per heavy atom. The molecule has 0 spiro atoms. The minimum Gasteiger partial charge on any atom is -0.361 e. The molecular weight excluding hydrogens is 436 g/mol. The van der Waals surface area contributed by atoms with Crippen molar-refractivity contribution in [2.24, 2.45) is 0 Å². The standard InChI is InChI=1S/C21H19BrN4OS/c1-14-18(15(2)27-25-14)13-28-21-24-23-20(17-10-6-7-11-19(17)22)26(21)12-16-8-4-3-5-9-16/h3-11H,12-13H2,1-2H3. The fourth-order valence-corrected chi connectivity index (χ4v) is 4.54. The Balaban J connectivity index is 1.70.